The highest BCUT2D eigenvalue weighted by atomic mass is 16.5. The van der Waals surface area contributed by atoms with Crippen molar-refractivity contribution in [2.24, 2.45) is 23.7 Å². The van der Waals surface area contributed by atoms with Gasteiger partial charge in [-0.15, -0.1) is 0 Å². The molecule has 0 spiro atoms. The Kier molecular flexibility index (Phi) is 29.7. The lowest BCUT2D eigenvalue weighted by Crippen LogP contribution is -2.36. The van der Waals surface area contributed by atoms with Gasteiger partial charge in [-0.05, 0) is 225 Å². The van der Waals surface area contributed by atoms with Crippen molar-refractivity contribution >= 4 is 66.9 Å². The summed E-state index contributed by atoms with van der Waals surface area (Å²) in [6, 6.07) is 27.3. The molecule has 0 bridgehead atoms. The molecule has 0 unspecified atom stereocenters. The van der Waals surface area contributed by atoms with Crippen molar-refractivity contribution in [2.75, 3.05) is 139 Å². The summed E-state index contributed by atoms with van der Waals surface area (Å²) in [5, 5.41) is 8.53. The third-order valence-corrected chi connectivity index (χ3v) is 25.7. The minimum atomic E-state index is 0.208. The summed E-state index contributed by atoms with van der Waals surface area (Å²) in [7, 11) is 3.33. The van der Waals surface area contributed by atoms with Crippen LogP contribution in [0.1, 0.15) is 137 Å². The van der Waals surface area contributed by atoms with Crippen LogP contribution in [-0.2, 0) is 44.6 Å². The van der Waals surface area contributed by atoms with Gasteiger partial charge in [-0.25, -0.2) is 34.9 Å². The van der Waals surface area contributed by atoms with Gasteiger partial charge in [-0.1, -0.05) is 6.07 Å². The van der Waals surface area contributed by atoms with Gasteiger partial charge >= 0.3 is 0 Å². The second-order valence-electron chi connectivity index (χ2n) is 34.5. The molecular weight excluding hydrogens is 1590 g/mol. The number of aryl methyl sites for hydroxylation is 2. The maximum Gasteiger partial charge on any atom is 0.212 e. The third-order valence-electron chi connectivity index (χ3n) is 25.7. The standard InChI is InChI=1S/2C25H30N4O3.2C24H29N5O2/c1-30-24-7-4-19(17-28-24)14-18-2-5-21(6-3-18)32-23-16-20(29-10-12-31-13-11-29)15-22-25(23)27-9-8-26-22;1-30-22-13-19(16-26-17-22)12-18-2-4-21(5-3-18)32-24-15-20(29-8-10-31-11-9-29)14-23-25(24)28-7-6-27-23;1-17-2-5-19(28-27-17)14-18-3-6-21(7-4-18)31-23-16-20(29-10-12-30-13-11-29)15-22-24(23)26-9-8-25-22;1-17-27-15-19(16-28-17)12-18-2-4-21(5-3-18)31-23-14-20(29-8-10-30-11-9-29)13-22-24(23)26-7-6-25-22/h4,7-9,15-18,21H,2-3,5-6,10-14H2,1H3;6-7,13-18,21H,2-5,8-12H2,1H3;2,5,8-9,15-16,18,21H,3-4,6-7,10-14H2,1H3;6-7,13-16,18,21H,2-5,8-12H2,1H3. The van der Waals surface area contributed by atoms with Crippen molar-refractivity contribution < 1.29 is 47.4 Å². The Labute approximate surface area is 737 Å². The topological polar surface area (TPSA) is 286 Å². The van der Waals surface area contributed by atoms with Gasteiger partial charge in [0.15, 0.2) is 0 Å². The molecule has 12 aromatic rings. The number of pyridine rings is 2. The van der Waals surface area contributed by atoms with Crippen molar-refractivity contribution in [1.29, 1.82) is 0 Å². The molecule has 4 aromatic carbocycles. The van der Waals surface area contributed by atoms with Crippen LogP contribution < -0.4 is 48.0 Å². The third kappa shape index (κ3) is 23.4. The van der Waals surface area contributed by atoms with E-state index in [9.17, 15) is 0 Å². The van der Waals surface area contributed by atoms with E-state index in [1.165, 1.54) is 16.7 Å². The fourth-order valence-electron chi connectivity index (χ4n) is 18.7. The second kappa shape index (κ2) is 43.2. The van der Waals surface area contributed by atoms with Crippen LogP contribution in [0, 0.1) is 37.5 Å². The maximum atomic E-state index is 6.54. The molecule has 8 aliphatic rings. The van der Waals surface area contributed by atoms with Crippen molar-refractivity contribution in [1.82, 2.24) is 70.0 Å². The number of methoxy groups -OCH3 is 2. The summed E-state index contributed by atoms with van der Waals surface area (Å²) < 4.78 is 58.7. The number of anilines is 4. The highest BCUT2D eigenvalue weighted by Crippen LogP contribution is 2.41. The summed E-state index contributed by atoms with van der Waals surface area (Å²) in [6.45, 7) is 17.0. The zero-order valence-corrected chi connectivity index (χ0v) is 73.2. The first-order valence-electron chi connectivity index (χ1n) is 45.6. The number of aromatic nitrogens is 14. The van der Waals surface area contributed by atoms with E-state index < -0.39 is 0 Å². The minimum absolute atomic E-state index is 0.208. The minimum Gasteiger partial charge on any atom is -0.495 e. The molecular formula is C98H118N18O10. The smallest absolute Gasteiger partial charge is 0.212 e. The Balaban J connectivity index is 0.000000119. The van der Waals surface area contributed by atoms with Crippen LogP contribution >= 0.6 is 0 Å². The van der Waals surface area contributed by atoms with Gasteiger partial charge in [-0.3, -0.25) is 24.9 Å². The molecule has 4 saturated carbocycles. The highest BCUT2D eigenvalue weighted by Gasteiger charge is 2.31. The van der Waals surface area contributed by atoms with Crippen LogP contribution in [0.25, 0.3) is 44.1 Å². The predicted molar refractivity (Wildman–Crippen MR) is 486 cm³/mol. The fraction of sp³-hybridized carbons (Fsp3) is 0.490. The molecule has 0 N–H and O–H groups in total. The zero-order chi connectivity index (χ0) is 85.6. The van der Waals surface area contributed by atoms with E-state index in [-0.39, 0.29) is 24.4 Å². The summed E-state index contributed by atoms with van der Waals surface area (Å²) in [4.78, 5) is 63.1. The average Bonchev–Trinajstić information content (AvgIpc) is 0.805. The first-order valence-corrected chi connectivity index (χ1v) is 45.6. The van der Waals surface area contributed by atoms with E-state index >= 15 is 0 Å². The lowest BCUT2D eigenvalue weighted by atomic mass is 9.83. The lowest BCUT2D eigenvalue weighted by Gasteiger charge is -2.31. The molecule has 660 valence electrons. The highest BCUT2D eigenvalue weighted by molar-refractivity contribution is 5.88. The van der Waals surface area contributed by atoms with Crippen molar-refractivity contribution in [2.45, 2.75) is 167 Å². The average molecular weight is 1710 g/mol. The monoisotopic (exact) mass is 1710 g/mol. The number of hydrogen-bond donors (Lipinski definition) is 0. The molecule has 28 heteroatoms. The van der Waals surface area contributed by atoms with E-state index in [4.69, 9.17) is 47.4 Å². The van der Waals surface area contributed by atoms with Gasteiger partial charge < -0.3 is 67.0 Å². The van der Waals surface area contributed by atoms with E-state index in [0.717, 1.165) is 346 Å². The van der Waals surface area contributed by atoms with Crippen LogP contribution in [0.5, 0.6) is 34.6 Å². The van der Waals surface area contributed by atoms with Gasteiger partial charge in [-0.2, -0.15) is 10.2 Å². The van der Waals surface area contributed by atoms with Crippen LogP contribution in [0.15, 0.2) is 159 Å². The van der Waals surface area contributed by atoms with Crippen LogP contribution in [0.2, 0.25) is 0 Å². The van der Waals surface area contributed by atoms with Gasteiger partial charge in [0.25, 0.3) is 0 Å². The van der Waals surface area contributed by atoms with Crippen LogP contribution in [0.4, 0.5) is 22.7 Å². The zero-order valence-electron chi connectivity index (χ0n) is 73.2. The van der Waals surface area contributed by atoms with Gasteiger partial charge in [0, 0.05) is 180 Å². The normalized spacial score (nSPS) is 21.7. The van der Waals surface area contributed by atoms with E-state index in [1.807, 2.05) is 50.8 Å². The quantitative estimate of drug-likeness (QED) is 0.0609. The van der Waals surface area contributed by atoms with Gasteiger partial charge in [0.05, 0.1) is 131 Å². The van der Waals surface area contributed by atoms with E-state index in [2.05, 4.69) is 156 Å². The van der Waals surface area contributed by atoms with Gasteiger partial charge in [0.2, 0.25) is 5.88 Å². The maximum absolute atomic E-state index is 6.54. The summed E-state index contributed by atoms with van der Waals surface area (Å²) in [6.07, 6.45) is 46.1. The summed E-state index contributed by atoms with van der Waals surface area (Å²) in [5.41, 5.74) is 17.3. The number of rotatable bonds is 22. The number of benzene rings is 4. The Bertz CT molecular complexity index is 5280. The number of ether oxygens (including phenoxy) is 10. The molecule has 4 aliphatic heterocycles. The molecule has 126 heavy (non-hydrogen) atoms. The van der Waals surface area contributed by atoms with E-state index in [1.54, 1.807) is 70.0 Å². The Morgan fingerprint density at radius 2 is 0.651 bits per heavy atom. The molecule has 12 heterocycles. The summed E-state index contributed by atoms with van der Waals surface area (Å²) in [5.74, 6) is 8.35. The Hall–Kier alpha value is -11.5. The van der Waals surface area contributed by atoms with Crippen LogP contribution in [0.3, 0.4) is 0 Å². The van der Waals surface area contributed by atoms with Crippen LogP contribution in [-0.4, -0.2) is 214 Å². The first-order chi connectivity index (χ1) is 62.0. The molecule has 0 radical (unpaired) electrons. The SMILES string of the molecule is COc1ccc(CC2CCC(Oc3cc(N4CCOCC4)cc4nccnc34)CC2)cn1.COc1cncc(CC2CCC(Oc3cc(N4CCOCC4)cc4nccnc34)CC2)c1.Cc1ccc(CC2CCC(Oc3cc(N4CCOCC4)cc4nccnc34)CC2)nn1.Cc1ncc(CC2CCC(Oc3cc(N4CCOCC4)cc4nccnc34)CC2)cn1. The number of fused-ring (bicyclic) bond motifs is 4. The number of hydrogen-bond acceptors (Lipinski definition) is 28. The molecule has 8 aromatic heterocycles. The molecule has 0 amide bonds. The summed E-state index contributed by atoms with van der Waals surface area (Å²) >= 11 is 0. The van der Waals surface area contributed by atoms with Gasteiger partial charge in [0.1, 0.15) is 56.6 Å². The molecule has 8 fully saturated rings. The Morgan fingerprint density at radius 1 is 0.310 bits per heavy atom. The molecule has 28 nitrogen and oxygen atoms in total. The van der Waals surface area contributed by atoms with E-state index in [0.29, 0.717) is 29.6 Å². The Morgan fingerprint density at radius 3 is 0.984 bits per heavy atom. The molecule has 4 aliphatic carbocycles. The second-order valence-corrected chi connectivity index (χ2v) is 34.5. The largest absolute Gasteiger partial charge is 0.495 e. The lowest BCUT2D eigenvalue weighted by molar-refractivity contribution is 0.122. The molecule has 0 atom stereocenters. The first kappa shape index (κ1) is 86.6. The van der Waals surface area contributed by atoms with Crippen molar-refractivity contribution in [3.63, 3.8) is 0 Å². The fourth-order valence-corrected chi connectivity index (χ4v) is 18.7. The predicted octanol–water partition coefficient (Wildman–Crippen LogP) is 15.6. The number of nitrogens with zero attached hydrogens (tertiary/aromatic N) is 18. The van der Waals surface area contributed by atoms with Crippen molar-refractivity contribution in [3.8, 4) is 34.6 Å². The number of morpholine rings is 4. The van der Waals surface area contributed by atoms with Crippen molar-refractivity contribution in [3.05, 3.63) is 193 Å². The molecule has 20 rings (SSSR count). The molecule has 4 saturated heterocycles.